The summed E-state index contributed by atoms with van der Waals surface area (Å²) >= 11 is 0. The van der Waals surface area contributed by atoms with E-state index < -0.39 is 0 Å². The standard InChI is InChI=1S/C17H21FN2/c1-3-13-5-7-14(8-6-13)11-19-16(4-2)17-10-9-15(18)12-20-17/h5-10,12,16,19H,3-4,11H2,1-2H3. The Bertz CT molecular complexity index is 520. The minimum absolute atomic E-state index is 0.154. The van der Waals surface area contributed by atoms with Crippen LogP contribution in [0.4, 0.5) is 4.39 Å². The Balaban J connectivity index is 1.97. The molecule has 0 bridgehead atoms. The van der Waals surface area contributed by atoms with Crippen molar-refractivity contribution in [3.63, 3.8) is 0 Å². The molecule has 0 amide bonds. The minimum atomic E-state index is -0.293. The van der Waals surface area contributed by atoms with Crippen LogP contribution in [-0.2, 0) is 13.0 Å². The molecule has 0 aliphatic heterocycles. The molecule has 1 heterocycles. The van der Waals surface area contributed by atoms with E-state index in [1.54, 1.807) is 6.07 Å². The lowest BCUT2D eigenvalue weighted by molar-refractivity contribution is 0.504. The Labute approximate surface area is 120 Å². The van der Waals surface area contributed by atoms with Crippen molar-refractivity contribution in [2.45, 2.75) is 39.3 Å². The van der Waals surface area contributed by atoms with Crippen LogP contribution in [0.2, 0.25) is 0 Å². The summed E-state index contributed by atoms with van der Waals surface area (Å²) in [5.74, 6) is -0.293. The largest absolute Gasteiger partial charge is 0.305 e. The predicted octanol–water partition coefficient (Wildman–Crippen LogP) is 4.02. The van der Waals surface area contributed by atoms with Gasteiger partial charge >= 0.3 is 0 Å². The Morgan fingerprint density at radius 3 is 2.30 bits per heavy atom. The van der Waals surface area contributed by atoms with Crippen molar-refractivity contribution >= 4 is 0 Å². The van der Waals surface area contributed by atoms with Gasteiger partial charge in [-0.05, 0) is 36.1 Å². The summed E-state index contributed by atoms with van der Waals surface area (Å²) in [6.07, 6.45) is 3.26. The first-order valence-corrected chi connectivity index (χ1v) is 7.15. The lowest BCUT2D eigenvalue weighted by Gasteiger charge is -2.16. The van der Waals surface area contributed by atoms with Crippen molar-refractivity contribution in [1.29, 1.82) is 0 Å². The van der Waals surface area contributed by atoms with Gasteiger partial charge in [0.15, 0.2) is 0 Å². The Morgan fingerprint density at radius 2 is 1.75 bits per heavy atom. The first-order valence-electron chi connectivity index (χ1n) is 7.15. The molecular formula is C17H21FN2. The van der Waals surface area contributed by atoms with Gasteiger partial charge in [-0.3, -0.25) is 4.98 Å². The number of hydrogen-bond acceptors (Lipinski definition) is 2. The molecule has 2 aromatic rings. The molecule has 1 aromatic carbocycles. The molecule has 1 aromatic heterocycles. The maximum absolute atomic E-state index is 12.9. The topological polar surface area (TPSA) is 24.9 Å². The van der Waals surface area contributed by atoms with Gasteiger partial charge in [-0.1, -0.05) is 38.1 Å². The number of pyridine rings is 1. The predicted molar refractivity (Wildman–Crippen MR) is 79.9 cm³/mol. The molecular weight excluding hydrogens is 251 g/mol. The summed E-state index contributed by atoms with van der Waals surface area (Å²) in [7, 11) is 0. The van der Waals surface area contributed by atoms with Crippen molar-refractivity contribution < 1.29 is 4.39 Å². The average molecular weight is 272 g/mol. The van der Waals surface area contributed by atoms with Crippen LogP contribution in [0, 0.1) is 5.82 Å². The fraction of sp³-hybridized carbons (Fsp3) is 0.353. The molecule has 2 nitrogen and oxygen atoms in total. The van der Waals surface area contributed by atoms with Crippen LogP contribution in [0.25, 0.3) is 0 Å². The molecule has 0 spiro atoms. The van der Waals surface area contributed by atoms with Gasteiger partial charge in [0, 0.05) is 12.6 Å². The summed E-state index contributed by atoms with van der Waals surface area (Å²) in [6.45, 7) is 5.05. The number of aromatic nitrogens is 1. The van der Waals surface area contributed by atoms with Crippen LogP contribution in [0.5, 0.6) is 0 Å². The molecule has 1 atom stereocenters. The Morgan fingerprint density at radius 1 is 1.05 bits per heavy atom. The molecule has 0 aliphatic rings. The van der Waals surface area contributed by atoms with Crippen molar-refractivity contribution in [2.75, 3.05) is 0 Å². The van der Waals surface area contributed by atoms with Crippen molar-refractivity contribution in [3.05, 3.63) is 65.2 Å². The maximum atomic E-state index is 12.9. The third-order valence-electron chi connectivity index (χ3n) is 3.50. The van der Waals surface area contributed by atoms with Crippen molar-refractivity contribution in [1.82, 2.24) is 10.3 Å². The van der Waals surface area contributed by atoms with Gasteiger partial charge in [-0.2, -0.15) is 0 Å². The maximum Gasteiger partial charge on any atom is 0.141 e. The Kier molecular flexibility index (Phi) is 5.24. The van der Waals surface area contributed by atoms with E-state index in [1.165, 1.54) is 23.4 Å². The monoisotopic (exact) mass is 272 g/mol. The van der Waals surface area contributed by atoms with E-state index in [-0.39, 0.29) is 11.9 Å². The lowest BCUT2D eigenvalue weighted by atomic mass is 10.1. The number of halogens is 1. The number of rotatable bonds is 6. The van der Waals surface area contributed by atoms with Crippen LogP contribution in [0.1, 0.15) is 43.1 Å². The van der Waals surface area contributed by atoms with E-state index in [2.05, 4.69) is 48.4 Å². The molecule has 0 aliphatic carbocycles. The molecule has 0 radical (unpaired) electrons. The third-order valence-corrected chi connectivity index (χ3v) is 3.50. The number of aryl methyl sites for hydroxylation is 1. The van der Waals surface area contributed by atoms with Gasteiger partial charge < -0.3 is 5.32 Å². The zero-order valence-corrected chi connectivity index (χ0v) is 12.1. The van der Waals surface area contributed by atoms with Crippen molar-refractivity contribution in [2.24, 2.45) is 0 Å². The smallest absolute Gasteiger partial charge is 0.141 e. The second-order valence-corrected chi connectivity index (χ2v) is 4.91. The highest BCUT2D eigenvalue weighted by Gasteiger charge is 2.10. The number of hydrogen-bond donors (Lipinski definition) is 1. The van der Waals surface area contributed by atoms with Gasteiger partial charge in [0.05, 0.1) is 11.9 Å². The van der Waals surface area contributed by atoms with Gasteiger partial charge in [-0.25, -0.2) is 4.39 Å². The normalized spacial score (nSPS) is 12.3. The van der Waals surface area contributed by atoms with E-state index in [0.717, 1.165) is 25.1 Å². The van der Waals surface area contributed by atoms with Gasteiger partial charge in [0.25, 0.3) is 0 Å². The summed E-state index contributed by atoms with van der Waals surface area (Å²) in [5.41, 5.74) is 3.49. The highest BCUT2D eigenvalue weighted by atomic mass is 19.1. The van der Waals surface area contributed by atoms with Crippen LogP contribution in [0.15, 0.2) is 42.6 Å². The van der Waals surface area contributed by atoms with Gasteiger partial charge in [-0.15, -0.1) is 0 Å². The summed E-state index contributed by atoms with van der Waals surface area (Å²) in [6, 6.07) is 12.0. The van der Waals surface area contributed by atoms with Crippen LogP contribution < -0.4 is 5.32 Å². The fourth-order valence-corrected chi connectivity index (χ4v) is 2.19. The molecule has 0 saturated carbocycles. The first kappa shape index (κ1) is 14.7. The van der Waals surface area contributed by atoms with Crippen LogP contribution in [0.3, 0.4) is 0 Å². The van der Waals surface area contributed by atoms with Crippen LogP contribution >= 0.6 is 0 Å². The molecule has 20 heavy (non-hydrogen) atoms. The summed E-state index contributed by atoms with van der Waals surface area (Å²) in [4.78, 5) is 4.15. The minimum Gasteiger partial charge on any atom is -0.305 e. The average Bonchev–Trinajstić information content (AvgIpc) is 2.50. The zero-order valence-electron chi connectivity index (χ0n) is 12.1. The molecule has 106 valence electrons. The second-order valence-electron chi connectivity index (χ2n) is 4.91. The molecule has 2 rings (SSSR count). The van der Waals surface area contributed by atoms with Gasteiger partial charge in [0.2, 0.25) is 0 Å². The van der Waals surface area contributed by atoms with E-state index in [0.29, 0.717) is 0 Å². The second kappa shape index (κ2) is 7.15. The molecule has 3 heteroatoms. The highest BCUT2D eigenvalue weighted by molar-refractivity contribution is 5.22. The SMILES string of the molecule is CCc1ccc(CNC(CC)c2ccc(F)cn2)cc1. The number of benzene rings is 1. The number of nitrogens with zero attached hydrogens (tertiary/aromatic N) is 1. The zero-order chi connectivity index (χ0) is 14.4. The third kappa shape index (κ3) is 3.87. The van der Waals surface area contributed by atoms with E-state index in [9.17, 15) is 4.39 Å². The quantitative estimate of drug-likeness (QED) is 0.859. The Hall–Kier alpha value is -1.74. The van der Waals surface area contributed by atoms with Crippen molar-refractivity contribution in [3.8, 4) is 0 Å². The summed E-state index contributed by atoms with van der Waals surface area (Å²) in [5, 5.41) is 3.47. The van der Waals surface area contributed by atoms with Crippen LogP contribution in [-0.4, -0.2) is 4.98 Å². The van der Waals surface area contributed by atoms with Gasteiger partial charge in [0.1, 0.15) is 5.82 Å². The van der Waals surface area contributed by atoms with E-state index >= 15 is 0 Å². The van der Waals surface area contributed by atoms with E-state index in [4.69, 9.17) is 0 Å². The number of nitrogens with one attached hydrogen (secondary N) is 1. The molecule has 0 saturated heterocycles. The van der Waals surface area contributed by atoms with E-state index in [1.807, 2.05) is 0 Å². The molecule has 0 fully saturated rings. The molecule has 1 N–H and O–H groups in total. The highest BCUT2D eigenvalue weighted by Crippen LogP contribution is 2.15. The lowest BCUT2D eigenvalue weighted by Crippen LogP contribution is -2.21. The fourth-order valence-electron chi connectivity index (χ4n) is 2.19. The summed E-state index contributed by atoms with van der Waals surface area (Å²) < 4.78 is 12.9. The molecule has 1 unspecified atom stereocenters. The first-order chi connectivity index (χ1) is 9.72.